The number of nitrogens with two attached hydrogens (primary N) is 1. The monoisotopic (exact) mass is 311 g/mol. The van der Waals surface area contributed by atoms with Crippen molar-refractivity contribution in [2.75, 3.05) is 19.7 Å². The van der Waals surface area contributed by atoms with Crippen LogP contribution in [0.2, 0.25) is 0 Å². The van der Waals surface area contributed by atoms with E-state index < -0.39 is 0 Å². The molecule has 2 unspecified atom stereocenters. The first kappa shape index (κ1) is 12.5. The molecule has 18 heavy (non-hydrogen) atoms. The average Bonchev–Trinajstić information content (AvgIpc) is 3.23. The Morgan fingerprint density at radius 1 is 1.44 bits per heavy atom. The molecule has 1 aliphatic heterocycles. The summed E-state index contributed by atoms with van der Waals surface area (Å²) in [5, 5.41) is 0. The van der Waals surface area contributed by atoms with E-state index in [0.717, 1.165) is 23.3 Å². The van der Waals surface area contributed by atoms with Crippen molar-refractivity contribution >= 4 is 15.9 Å². The molecule has 1 saturated carbocycles. The largest absolute Gasteiger partial charge is 0.374 e. The van der Waals surface area contributed by atoms with Gasteiger partial charge in [-0.25, -0.2) is 0 Å². The summed E-state index contributed by atoms with van der Waals surface area (Å²) in [5.41, 5.74) is 6.92. The molecule has 2 fully saturated rings. The Hall–Kier alpha value is -0.490. The van der Waals surface area contributed by atoms with Crippen LogP contribution in [0.4, 0.5) is 0 Å². The van der Waals surface area contributed by atoms with E-state index in [1.165, 1.54) is 12.8 Å². The molecule has 0 aromatic carbocycles. The number of nitrogens with zero attached hydrogens (tertiary/aromatic N) is 2. The third-order valence-corrected chi connectivity index (χ3v) is 4.16. The molecule has 0 spiro atoms. The summed E-state index contributed by atoms with van der Waals surface area (Å²) in [6.45, 7) is 2.32. The molecule has 1 aromatic heterocycles. The van der Waals surface area contributed by atoms with Crippen LogP contribution in [0.3, 0.4) is 0 Å². The zero-order chi connectivity index (χ0) is 12.5. The molecule has 5 heteroatoms. The number of morpholine rings is 1. The molecule has 0 radical (unpaired) electrons. The van der Waals surface area contributed by atoms with Gasteiger partial charge < -0.3 is 10.5 Å². The molecular weight excluding hydrogens is 294 g/mol. The van der Waals surface area contributed by atoms with E-state index in [-0.39, 0.29) is 12.1 Å². The number of pyridine rings is 1. The van der Waals surface area contributed by atoms with Crippen molar-refractivity contribution in [3.8, 4) is 0 Å². The molecule has 0 amide bonds. The molecule has 1 saturated heterocycles. The van der Waals surface area contributed by atoms with Crippen molar-refractivity contribution in [1.82, 2.24) is 9.88 Å². The van der Waals surface area contributed by atoms with Crippen molar-refractivity contribution in [3.05, 3.63) is 28.5 Å². The predicted octanol–water partition coefficient (Wildman–Crippen LogP) is 1.71. The van der Waals surface area contributed by atoms with Crippen LogP contribution in [0.25, 0.3) is 0 Å². The van der Waals surface area contributed by atoms with Gasteiger partial charge in [0.05, 0.1) is 24.4 Å². The fraction of sp³-hybridized carbons (Fsp3) is 0.615. The molecule has 2 heterocycles. The summed E-state index contributed by atoms with van der Waals surface area (Å²) in [6.07, 6.45) is 4.50. The zero-order valence-electron chi connectivity index (χ0n) is 10.3. The topological polar surface area (TPSA) is 51.4 Å². The molecule has 0 bridgehead atoms. The van der Waals surface area contributed by atoms with Gasteiger partial charge in [0.15, 0.2) is 0 Å². The molecule has 98 valence electrons. The number of hydrogen-bond donors (Lipinski definition) is 1. The highest BCUT2D eigenvalue weighted by atomic mass is 79.9. The first-order valence-corrected chi connectivity index (χ1v) is 7.28. The van der Waals surface area contributed by atoms with Crippen LogP contribution < -0.4 is 5.73 Å². The standard InChI is InChI=1S/C13H18BrN3O/c14-9-1-4-11(16-8-9)13-12(7-15)18-6-5-17(13)10-2-3-10/h1,4,8,10,12-13H,2-3,5-7,15H2. The summed E-state index contributed by atoms with van der Waals surface area (Å²) < 4.78 is 6.82. The predicted molar refractivity (Wildman–Crippen MR) is 73.2 cm³/mol. The first-order valence-electron chi connectivity index (χ1n) is 6.48. The summed E-state index contributed by atoms with van der Waals surface area (Å²) in [4.78, 5) is 7.06. The highest BCUT2D eigenvalue weighted by Gasteiger charge is 2.41. The second kappa shape index (κ2) is 5.25. The van der Waals surface area contributed by atoms with Crippen molar-refractivity contribution in [3.63, 3.8) is 0 Å². The van der Waals surface area contributed by atoms with Gasteiger partial charge in [-0.15, -0.1) is 0 Å². The Bertz CT molecular complexity index is 407. The number of ether oxygens (including phenoxy) is 1. The smallest absolute Gasteiger partial charge is 0.0909 e. The third kappa shape index (κ3) is 2.45. The van der Waals surface area contributed by atoms with Crippen LogP contribution in [0.5, 0.6) is 0 Å². The van der Waals surface area contributed by atoms with Crippen molar-refractivity contribution in [2.24, 2.45) is 5.73 Å². The van der Waals surface area contributed by atoms with Crippen LogP contribution in [0.1, 0.15) is 24.6 Å². The highest BCUT2D eigenvalue weighted by Crippen LogP contribution is 2.38. The normalized spacial score (nSPS) is 29.4. The Morgan fingerprint density at radius 3 is 2.89 bits per heavy atom. The van der Waals surface area contributed by atoms with Crippen LogP contribution in [-0.2, 0) is 4.74 Å². The van der Waals surface area contributed by atoms with Crippen LogP contribution >= 0.6 is 15.9 Å². The maximum absolute atomic E-state index is 5.85. The van der Waals surface area contributed by atoms with Gasteiger partial charge in [0.2, 0.25) is 0 Å². The lowest BCUT2D eigenvalue weighted by molar-refractivity contribution is -0.0726. The van der Waals surface area contributed by atoms with E-state index >= 15 is 0 Å². The maximum Gasteiger partial charge on any atom is 0.0909 e. The molecule has 2 atom stereocenters. The average molecular weight is 312 g/mol. The Balaban J connectivity index is 1.89. The molecule has 2 aliphatic rings. The zero-order valence-corrected chi connectivity index (χ0v) is 11.8. The number of hydrogen-bond acceptors (Lipinski definition) is 4. The fourth-order valence-electron chi connectivity index (χ4n) is 2.69. The molecule has 2 N–H and O–H groups in total. The Kier molecular flexibility index (Phi) is 3.66. The lowest BCUT2D eigenvalue weighted by Gasteiger charge is -2.40. The third-order valence-electron chi connectivity index (χ3n) is 3.69. The molecule has 1 aromatic rings. The lowest BCUT2D eigenvalue weighted by Crippen LogP contribution is -2.49. The first-order chi connectivity index (χ1) is 8.79. The molecule has 3 rings (SSSR count). The van der Waals surface area contributed by atoms with Crippen LogP contribution in [-0.4, -0.2) is 41.7 Å². The van der Waals surface area contributed by atoms with Gasteiger partial charge in [0.1, 0.15) is 0 Å². The molecule has 1 aliphatic carbocycles. The SMILES string of the molecule is NCC1OCCN(C2CC2)C1c1ccc(Br)cn1. The van der Waals surface area contributed by atoms with E-state index in [4.69, 9.17) is 10.5 Å². The van der Waals surface area contributed by atoms with Crippen LogP contribution in [0.15, 0.2) is 22.8 Å². The summed E-state index contributed by atoms with van der Waals surface area (Å²) in [7, 11) is 0. The summed E-state index contributed by atoms with van der Waals surface area (Å²) in [6, 6.07) is 5.03. The van der Waals surface area contributed by atoms with Crippen molar-refractivity contribution in [2.45, 2.75) is 31.0 Å². The quantitative estimate of drug-likeness (QED) is 0.923. The van der Waals surface area contributed by atoms with E-state index in [1.807, 2.05) is 12.3 Å². The van der Waals surface area contributed by atoms with E-state index in [9.17, 15) is 0 Å². The maximum atomic E-state index is 5.85. The van der Waals surface area contributed by atoms with Gasteiger partial charge in [-0.1, -0.05) is 0 Å². The minimum Gasteiger partial charge on any atom is -0.374 e. The number of rotatable bonds is 3. The van der Waals surface area contributed by atoms with Gasteiger partial charge in [0.25, 0.3) is 0 Å². The summed E-state index contributed by atoms with van der Waals surface area (Å²) >= 11 is 3.43. The second-order valence-electron chi connectivity index (χ2n) is 4.96. The lowest BCUT2D eigenvalue weighted by atomic mass is 10.0. The minimum absolute atomic E-state index is 0.0630. The molecule has 4 nitrogen and oxygen atoms in total. The van der Waals surface area contributed by atoms with Crippen molar-refractivity contribution in [1.29, 1.82) is 0 Å². The highest BCUT2D eigenvalue weighted by molar-refractivity contribution is 9.10. The minimum atomic E-state index is 0.0630. The Morgan fingerprint density at radius 2 is 2.28 bits per heavy atom. The number of halogens is 1. The second-order valence-corrected chi connectivity index (χ2v) is 5.88. The van der Waals surface area contributed by atoms with Gasteiger partial charge >= 0.3 is 0 Å². The van der Waals surface area contributed by atoms with Gasteiger partial charge in [-0.3, -0.25) is 9.88 Å². The van der Waals surface area contributed by atoms with Gasteiger partial charge in [-0.05, 0) is 40.9 Å². The van der Waals surface area contributed by atoms with Gasteiger partial charge in [-0.2, -0.15) is 0 Å². The molecular formula is C13H18BrN3O. The number of aromatic nitrogens is 1. The van der Waals surface area contributed by atoms with E-state index in [2.05, 4.69) is 31.9 Å². The summed E-state index contributed by atoms with van der Waals surface area (Å²) in [5.74, 6) is 0. The van der Waals surface area contributed by atoms with E-state index in [1.54, 1.807) is 0 Å². The van der Waals surface area contributed by atoms with Crippen molar-refractivity contribution < 1.29 is 4.74 Å². The van der Waals surface area contributed by atoms with Gasteiger partial charge in [0, 0.05) is 29.8 Å². The fourth-order valence-corrected chi connectivity index (χ4v) is 2.92. The van der Waals surface area contributed by atoms with Crippen LogP contribution in [0, 0.1) is 0 Å². The van der Waals surface area contributed by atoms with E-state index in [0.29, 0.717) is 12.6 Å². The Labute approximate surface area is 116 Å².